The van der Waals surface area contributed by atoms with Gasteiger partial charge in [-0.05, 0) is 19.4 Å². The van der Waals surface area contributed by atoms with Crippen molar-refractivity contribution in [3.8, 4) is 0 Å². The van der Waals surface area contributed by atoms with Gasteiger partial charge in [0.15, 0.2) is 0 Å². The topological polar surface area (TPSA) is 70.6 Å². The molecule has 17 heavy (non-hydrogen) atoms. The molecule has 98 valence electrons. The summed E-state index contributed by atoms with van der Waals surface area (Å²) < 4.78 is 5.21. The zero-order chi connectivity index (χ0) is 12.1. The molecular weight excluding hydrogens is 220 g/mol. The molecular formula is C12H22N2O3. The first kappa shape index (κ1) is 12.8. The van der Waals surface area contributed by atoms with Crippen LogP contribution in [-0.2, 0) is 9.53 Å². The molecule has 5 nitrogen and oxygen atoms in total. The predicted molar refractivity (Wildman–Crippen MR) is 63.6 cm³/mol. The number of piperidine rings is 1. The molecule has 2 aliphatic rings. The van der Waals surface area contributed by atoms with Gasteiger partial charge < -0.3 is 20.5 Å². The molecule has 2 saturated heterocycles. The highest BCUT2D eigenvalue weighted by molar-refractivity contribution is 5.79. The highest BCUT2D eigenvalue weighted by Crippen LogP contribution is 2.19. The van der Waals surface area contributed by atoms with Crippen molar-refractivity contribution in [2.24, 2.45) is 5.92 Å². The molecule has 2 rings (SSSR count). The van der Waals surface area contributed by atoms with Crippen LogP contribution in [0.1, 0.15) is 25.7 Å². The molecule has 0 aromatic carbocycles. The van der Waals surface area contributed by atoms with Crippen LogP contribution in [0.25, 0.3) is 0 Å². The number of carbonyl (C=O) groups excluding carboxylic acids is 1. The van der Waals surface area contributed by atoms with Crippen molar-refractivity contribution in [2.75, 3.05) is 32.8 Å². The predicted octanol–water partition coefficient (Wildman–Crippen LogP) is -0.356. The Labute approximate surface area is 102 Å². The minimum Gasteiger partial charge on any atom is -0.388 e. The molecule has 0 spiro atoms. The van der Waals surface area contributed by atoms with Crippen molar-refractivity contribution >= 4 is 5.91 Å². The summed E-state index contributed by atoms with van der Waals surface area (Å²) in [6.07, 6.45) is 3.21. The summed E-state index contributed by atoms with van der Waals surface area (Å²) in [5, 5.41) is 16.3. The van der Waals surface area contributed by atoms with Gasteiger partial charge >= 0.3 is 0 Å². The molecule has 0 aliphatic carbocycles. The second-order valence-electron chi connectivity index (χ2n) is 5.10. The molecule has 2 aliphatic heterocycles. The normalized spacial score (nSPS) is 28.6. The summed E-state index contributed by atoms with van der Waals surface area (Å²) in [5.74, 6) is 0.129. The van der Waals surface area contributed by atoms with Crippen LogP contribution in [0.5, 0.6) is 0 Å². The van der Waals surface area contributed by atoms with E-state index < -0.39 is 5.60 Å². The molecule has 1 amide bonds. The summed E-state index contributed by atoms with van der Waals surface area (Å²) in [5.41, 5.74) is -0.768. The maximum atomic E-state index is 11.9. The van der Waals surface area contributed by atoms with Gasteiger partial charge in [0.25, 0.3) is 0 Å². The lowest BCUT2D eigenvalue weighted by Gasteiger charge is -2.33. The molecule has 0 saturated carbocycles. The van der Waals surface area contributed by atoms with Crippen molar-refractivity contribution in [3.05, 3.63) is 0 Å². The van der Waals surface area contributed by atoms with Gasteiger partial charge in [0.1, 0.15) is 0 Å². The third-order valence-corrected chi connectivity index (χ3v) is 3.68. The number of ether oxygens (including phenoxy) is 1. The largest absolute Gasteiger partial charge is 0.388 e. The van der Waals surface area contributed by atoms with Crippen LogP contribution in [0.15, 0.2) is 0 Å². The van der Waals surface area contributed by atoms with E-state index in [0.29, 0.717) is 32.6 Å². The van der Waals surface area contributed by atoms with E-state index in [1.165, 1.54) is 0 Å². The van der Waals surface area contributed by atoms with Gasteiger partial charge in [-0.2, -0.15) is 0 Å². The summed E-state index contributed by atoms with van der Waals surface area (Å²) in [6.45, 7) is 3.28. The number of hydrogen-bond acceptors (Lipinski definition) is 4. The van der Waals surface area contributed by atoms with Gasteiger partial charge in [0.05, 0.1) is 11.5 Å². The molecule has 5 heteroatoms. The maximum absolute atomic E-state index is 11.9. The van der Waals surface area contributed by atoms with Crippen LogP contribution in [0, 0.1) is 5.92 Å². The Morgan fingerprint density at radius 1 is 1.47 bits per heavy atom. The smallest absolute Gasteiger partial charge is 0.224 e. The molecule has 0 aromatic rings. The molecule has 0 unspecified atom stereocenters. The highest BCUT2D eigenvalue weighted by Gasteiger charge is 2.31. The van der Waals surface area contributed by atoms with E-state index in [1.54, 1.807) is 0 Å². The second kappa shape index (κ2) is 5.80. The Hall–Kier alpha value is -0.650. The number of nitrogens with one attached hydrogen (secondary N) is 2. The minimum atomic E-state index is -0.768. The standard InChI is InChI=1S/C12H22N2O3/c15-11(10-2-1-5-13-8-10)14-9-12(16)3-6-17-7-4-12/h10,13,16H,1-9H2,(H,14,15)/t10-/m1/s1. The monoisotopic (exact) mass is 242 g/mol. The van der Waals surface area contributed by atoms with E-state index in [9.17, 15) is 9.90 Å². The van der Waals surface area contributed by atoms with Gasteiger partial charge in [0.2, 0.25) is 5.91 Å². The van der Waals surface area contributed by atoms with Crippen molar-refractivity contribution in [3.63, 3.8) is 0 Å². The molecule has 0 radical (unpaired) electrons. The zero-order valence-electron chi connectivity index (χ0n) is 10.2. The number of rotatable bonds is 3. The van der Waals surface area contributed by atoms with Crippen LogP contribution >= 0.6 is 0 Å². The SMILES string of the molecule is O=C(NCC1(O)CCOCC1)[C@@H]1CCCNC1. The fourth-order valence-electron chi connectivity index (χ4n) is 2.40. The van der Waals surface area contributed by atoms with Crippen LogP contribution in [0.2, 0.25) is 0 Å². The zero-order valence-corrected chi connectivity index (χ0v) is 10.2. The Morgan fingerprint density at radius 3 is 2.88 bits per heavy atom. The third kappa shape index (κ3) is 3.66. The fourth-order valence-corrected chi connectivity index (χ4v) is 2.40. The van der Waals surface area contributed by atoms with Crippen LogP contribution < -0.4 is 10.6 Å². The average molecular weight is 242 g/mol. The summed E-state index contributed by atoms with van der Waals surface area (Å²) in [6, 6.07) is 0. The average Bonchev–Trinajstić information content (AvgIpc) is 2.38. The number of aliphatic hydroxyl groups is 1. The van der Waals surface area contributed by atoms with Crippen molar-refractivity contribution in [1.29, 1.82) is 0 Å². The van der Waals surface area contributed by atoms with Crippen molar-refractivity contribution < 1.29 is 14.6 Å². The maximum Gasteiger partial charge on any atom is 0.224 e. The Morgan fingerprint density at radius 2 is 2.24 bits per heavy atom. The van der Waals surface area contributed by atoms with Crippen LogP contribution in [0.4, 0.5) is 0 Å². The van der Waals surface area contributed by atoms with Crippen LogP contribution in [-0.4, -0.2) is 49.5 Å². The second-order valence-corrected chi connectivity index (χ2v) is 5.10. The van der Waals surface area contributed by atoms with Crippen molar-refractivity contribution in [2.45, 2.75) is 31.3 Å². The Kier molecular flexibility index (Phi) is 4.36. The molecule has 2 heterocycles. The Balaban J connectivity index is 1.74. The molecule has 3 N–H and O–H groups in total. The summed E-state index contributed by atoms with van der Waals surface area (Å²) >= 11 is 0. The number of hydrogen-bond donors (Lipinski definition) is 3. The van der Waals surface area contributed by atoms with E-state index >= 15 is 0 Å². The molecule has 2 fully saturated rings. The summed E-state index contributed by atoms with van der Waals surface area (Å²) in [4.78, 5) is 11.9. The highest BCUT2D eigenvalue weighted by atomic mass is 16.5. The van der Waals surface area contributed by atoms with E-state index in [4.69, 9.17) is 4.74 Å². The first-order valence-corrected chi connectivity index (χ1v) is 6.48. The fraction of sp³-hybridized carbons (Fsp3) is 0.917. The van der Waals surface area contributed by atoms with E-state index in [2.05, 4.69) is 10.6 Å². The van der Waals surface area contributed by atoms with Gasteiger partial charge in [0, 0.05) is 39.1 Å². The number of carbonyl (C=O) groups is 1. The van der Waals surface area contributed by atoms with Gasteiger partial charge in [-0.3, -0.25) is 4.79 Å². The van der Waals surface area contributed by atoms with Gasteiger partial charge in [-0.1, -0.05) is 0 Å². The third-order valence-electron chi connectivity index (χ3n) is 3.68. The lowest BCUT2D eigenvalue weighted by atomic mass is 9.93. The van der Waals surface area contributed by atoms with Crippen LogP contribution in [0.3, 0.4) is 0 Å². The van der Waals surface area contributed by atoms with E-state index in [0.717, 1.165) is 25.9 Å². The summed E-state index contributed by atoms with van der Waals surface area (Å²) in [7, 11) is 0. The van der Waals surface area contributed by atoms with Gasteiger partial charge in [-0.25, -0.2) is 0 Å². The lowest BCUT2D eigenvalue weighted by molar-refractivity contribution is -0.128. The lowest BCUT2D eigenvalue weighted by Crippen LogP contribution is -2.49. The van der Waals surface area contributed by atoms with E-state index in [1.807, 2.05) is 0 Å². The molecule has 0 bridgehead atoms. The molecule has 1 atom stereocenters. The minimum absolute atomic E-state index is 0.0622. The first-order chi connectivity index (χ1) is 8.20. The van der Waals surface area contributed by atoms with Gasteiger partial charge in [-0.15, -0.1) is 0 Å². The molecule has 0 aromatic heterocycles. The quantitative estimate of drug-likeness (QED) is 0.632. The van der Waals surface area contributed by atoms with E-state index in [-0.39, 0.29) is 11.8 Å². The first-order valence-electron chi connectivity index (χ1n) is 6.48. The number of amides is 1. The van der Waals surface area contributed by atoms with Crippen molar-refractivity contribution in [1.82, 2.24) is 10.6 Å². The Bertz CT molecular complexity index is 258.